The summed E-state index contributed by atoms with van der Waals surface area (Å²) >= 11 is 0. The van der Waals surface area contributed by atoms with Crippen LogP contribution in [0.5, 0.6) is 0 Å². The summed E-state index contributed by atoms with van der Waals surface area (Å²) < 4.78 is 0. The molecule has 0 radical (unpaired) electrons. The van der Waals surface area contributed by atoms with Gasteiger partial charge in [-0.25, -0.2) is 4.98 Å². The highest BCUT2D eigenvalue weighted by atomic mass is 16.1. The summed E-state index contributed by atoms with van der Waals surface area (Å²) in [6.07, 6.45) is 5.07. The fraction of sp³-hybridized carbons (Fsp3) is 0.214. The molecule has 0 aliphatic rings. The van der Waals surface area contributed by atoms with Gasteiger partial charge >= 0.3 is 0 Å². The first-order chi connectivity index (χ1) is 9.22. The van der Waals surface area contributed by atoms with Gasteiger partial charge in [-0.05, 0) is 36.8 Å². The van der Waals surface area contributed by atoms with E-state index in [0.29, 0.717) is 11.4 Å². The third-order valence-electron chi connectivity index (χ3n) is 2.84. The Hall–Kier alpha value is -2.43. The molecule has 0 bridgehead atoms. The lowest BCUT2D eigenvalue weighted by atomic mass is 10.1. The molecule has 5 heteroatoms. The van der Waals surface area contributed by atoms with Gasteiger partial charge in [-0.3, -0.25) is 9.78 Å². The van der Waals surface area contributed by atoms with Crippen LogP contribution in [0.3, 0.4) is 0 Å². The van der Waals surface area contributed by atoms with E-state index in [4.69, 9.17) is 0 Å². The average Bonchev–Trinajstić information content (AvgIpc) is 2.48. The van der Waals surface area contributed by atoms with Crippen molar-refractivity contribution < 1.29 is 4.79 Å². The van der Waals surface area contributed by atoms with Gasteiger partial charge in [-0.1, -0.05) is 0 Å². The second kappa shape index (κ2) is 5.95. The molecule has 98 valence electrons. The number of carbonyl (C=O) groups is 1. The number of hydrogen-bond acceptors (Lipinski definition) is 4. The van der Waals surface area contributed by atoms with E-state index in [-0.39, 0.29) is 11.9 Å². The Kier molecular flexibility index (Phi) is 4.07. The molecule has 5 nitrogen and oxygen atoms in total. The molecular weight excluding hydrogens is 240 g/mol. The minimum Gasteiger partial charge on any atom is -0.372 e. The minimum absolute atomic E-state index is 0.0830. The van der Waals surface area contributed by atoms with Gasteiger partial charge in [0.05, 0.1) is 11.6 Å². The van der Waals surface area contributed by atoms with Crippen molar-refractivity contribution in [1.82, 2.24) is 15.3 Å². The summed E-state index contributed by atoms with van der Waals surface area (Å²) in [5.74, 6) is 0.420. The van der Waals surface area contributed by atoms with Crippen LogP contribution in [0.1, 0.15) is 28.9 Å². The molecule has 0 aromatic carbocycles. The van der Waals surface area contributed by atoms with Crippen LogP contribution in [0, 0.1) is 0 Å². The van der Waals surface area contributed by atoms with Crippen LogP contribution >= 0.6 is 0 Å². The molecule has 0 saturated heterocycles. The highest BCUT2D eigenvalue weighted by Gasteiger charge is 2.14. The Morgan fingerprint density at radius 1 is 1.21 bits per heavy atom. The standard InChI is InChI=1S/C14H16N4O/c1-10(11-5-8-16-9-6-11)18-14(19)12-4-3-7-17-13(12)15-2/h3-10H,1-2H3,(H,15,17)(H,18,19). The Morgan fingerprint density at radius 2 is 1.95 bits per heavy atom. The van der Waals surface area contributed by atoms with Crippen LogP contribution in [0.25, 0.3) is 0 Å². The van der Waals surface area contributed by atoms with E-state index in [1.165, 1.54) is 0 Å². The number of anilines is 1. The zero-order chi connectivity index (χ0) is 13.7. The number of pyridine rings is 2. The van der Waals surface area contributed by atoms with Crippen LogP contribution in [0.15, 0.2) is 42.9 Å². The number of nitrogens with zero attached hydrogens (tertiary/aromatic N) is 2. The minimum atomic E-state index is -0.151. The van der Waals surface area contributed by atoms with Crippen molar-refractivity contribution >= 4 is 11.7 Å². The second-order valence-corrected chi connectivity index (χ2v) is 4.13. The topological polar surface area (TPSA) is 66.9 Å². The summed E-state index contributed by atoms with van der Waals surface area (Å²) in [7, 11) is 1.74. The second-order valence-electron chi connectivity index (χ2n) is 4.13. The van der Waals surface area contributed by atoms with E-state index in [0.717, 1.165) is 5.56 Å². The lowest BCUT2D eigenvalue weighted by Gasteiger charge is -2.15. The molecule has 0 spiro atoms. The molecule has 0 saturated carbocycles. The quantitative estimate of drug-likeness (QED) is 0.878. The van der Waals surface area contributed by atoms with Crippen molar-refractivity contribution in [3.63, 3.8) is 0 Å². The zero-order valence-electron chi connectivity index (χ0n) is 10.9. The van der Waals surface area contributed by atoms with Gasteiger partial charge in [0.2, 0.25) is 0 Å². The molecule has 2 N–H and O–H groups in total. The maximum atomic E-state index is 12.2. The van der Waals surface area contributed by atoms with E-state index in [9.17, 15) is 4.79 Å². The smallest absolute Gasteiger partial charge is 0.255 e. The van der Waals surface area contributed by atoms with Gasteiger partial charge in [-0.15, -0.1) is 0 Å². The monoisotopic (exact) mass is 256 g/mol. The van der Waals surface area contributed by atoms with E-state index in [1.54, 1.807) is 37.8 Å². The SMILES string of the molecule is CNc1ncccc1C(=O)NC(C)c1ccncc1. The fourth-order valence-electron chi connectivity index (χ4n) is 1.80. The number of nitrogens with one attached hydrogen (secondary N) is 2. The van der Waals surface area contributed by atoms with Gasteiger partial charge in [0.15, 0.2) is 0 Å². The van der Waals surface area contributed by atoms with Gasteiger partial charge in [-0.2, -0.15) is 0 Å². The summed E-state index contributed by atoms with van der Waals surface area (Å²) in [6.45, 7) is 1.93. The molecule has 2 heterocycles. The van der Waals surface area contributed by atoms with E-state index < -0.39 is 0 Å². The summed E-state index contributed by atoms with van der Waals surface area (Å²) in [4.78, 5) is 20.3. The molecule has 0 fully saturated rings. The first-order valence-corrected chi connectivity index (χ1v) is 6.06. The molecule has 2 aromatic rings. The van der Waals surface area contributed by atoms with Crippen molar-refractivity contribution in [2.75, 3.05) is 12.4 Å². The summed E-state index contributed by atoms with van der Waals surface area (Å²) in [5, 5.41) is 5.85. The Balaban J connectivity index is 2.13. The largest absolute Gasteiger partial charge is 0.372 e. The third-order valence-corrected chi connectivity index (χ3v) is 2.84. The molecule has 0 aliphatic heterocycles. The molecular formula is C14H16N4O. The first kappa shape index (κ1) is 13.0. The maximum absolute atomic E-state index is 12.2. The summed E-state index contributed by atoms with van der Waals surface area (Å²) in [6, 6.07) is 7.17. The van der Waals surface area contributed by atoms with Crippen molar-refractivity contribution in [3.8, 4) is 0 Å². The lowest BCUT2D eigenvalue weighted by molar-refractivity contribution is 0.0940. The van der Waals surface area contributed by atoms with Gasteiger partial charge < -0.3 is 10.6 Å². The van der Waals surface area contributed by atoms with Gasteiger partial charge in [0, 0.05) is 25.6 Å². The average molecular weight is 256 g/mol. The number of rotatable bonds is 4. The van der Waals surface area contributed by atoms with Crippen LogP contribution in [-0.4, -0.2) is 22.9 Å². The van der Waals surface area contributed by atoms with Crippen LogP contribution in [0.4, 0.5) is 5.82 Å². The lowest BCUT2D eigenvalue weighted by Crippen LogP contribution is -2.27. The fourth-order valence-corrected chi connectivity index (χ4v) is 1.80. The number of amides is 1. The Labute approximate surface area is 112 Å². The van der Waals surface area contributed by atoms with Crippen molar-refractivity contribution in [2.24, 2.45) is 0 Å². The molecule has 1 unspecified atom stereocenters. The van der Waals surface area contributed by atoms with Crippen LogP contribution < -0.4 is 10.6 Å². The number of aromatic nitrogens is 2. The van der Waals surface area contributed by atoms with Crippen molar-refractivity contribution in [3.05, 3.63) is 54.0 Å². The van der Waals surface area contributed by atoms with E-state index in [1.807, 2.05) is 19.1 Å². The third kappa shape index (κ3) is 3.07. The van der Waals surface area contributed by atoms with Crippen LogP contribution in [0.2, 0.25) is 0 Å². The number of hydrogen-bond donors (Lipinski definition) is 2. The Morgan fingerprint density at radius 3 is 2.63 bits per heavy atom. The van der Waals surface area contributed by atoms with E-state index >= 15 is 0 Å². The van der Waals surface area contributed by atoms with Gasteiger partial charge in [0.25, 0.3) is 5.91 Å². The highest BCUT2D eigenvalue weighted by molar-refractivity contribution is 5.98. The Bertz CT molecular complexity index is 556. The first-order valence-electron chi connectivity index (χ1n) is 6.06. The maximum Gasteiger partial charge on any atom is 0.255 e. The van der Waals surface area contributed by atoms with Crippen molar-refractivity contribution in [2.45, 2.75) is 13.0 Å². The zero-order valence-corrected chi connectivity index (χ0v) is 10.9. The van der Waals surface area contributed by atoms with Crippen molar-refractivity contribution in [1.29, 1.82) is 0 Å². The van der Waals surface area contributed by atoms with E-state index in [2.05, 4.69) is 20.6 Å². The predicted molar refractivity (Wildman–Crippen MR) is 73.9 cm³/mol. The molecule has 2 rings (SSSR count). The molecule has 0 aliphatic carbocycles. The highest BCUT2D eigenvalue weighted by Crippen LogP contribution is 2.14. The molecule has 19 heavy (non-hydrogen) atoms. The molecule has 1 atom stereocenters. The number of carbonyl (C=O) groups excluding carboxylic acids is 1. The molecule has 2 aromatic heterocycles. The normalized spacial score (nSPS) is 11.7. The summed E-state index contributed by atoms with van der Waals surface area (Å²) in [5.41, 5.74) is 1.55. The molecule has 1 amide bonds. The van der Waals surface area contributed by atoms with Gasteiger partial charge in [0.1, 0.15) is 5.82 Å². The van der Waals surface area contributed by atoms with Crippen LogP contribution in [-0.2, 0) is 0 Å². The predicted octanol–water partition coefficient (Wildman–Crippen LogP) is 2.01.